The van der Waals surface area contributed by atoms with Crippen LogP contribution in [0.3, 0.4) is 0 Å². The van der Waals surface area contributed by atoms with Crippen LogP contribution in [-0.2, 0) is 6.54 Å². The molecule has 1 aromatic rings. The number of aryl methyl sites for hydroxylation is 1. The standard InChI is InChI=1S/C14H25N3/c1-3-7-17-10-12(9-16-17)13-8-11(4-2)5-6-14(13)15/h9-11,13-14H,3-8,15H2,1-2H3. The largest absolute Gasteiger partial charge is 0.327 e. The van der Waals surface area contributed by atoms with Crippen LogP contribution in [0.5, 0.6) is 0 Å². The fourth-order valence-electron chi connectivity index (χ4n) is 2.96. The average molecular weight is 235 g/mol. The summed E-state index contributed by atoms with van der Waals surface area (Å²) in [4.78, 5) is 0. The predicted molar refractivity (Wildman–Crippen MR) is 70.9 cm³/mol. The van der Waals surface area contributed by atoms with Gasteiger partial charge in [0.2, 0.25) is 0 Å². The van der Waals surface area contributed by atoms with Gasteiger partial charge in [-0.3, -0.25) is 4.68 Å². The molecule has 3 heteroatoms. The highest BCUT2D eigenvalue weighted by molar-refractivity contribution is 5.15. The van der Waals surface area contributed by atoms with E-state index in [2.05, 4.69) is 29.8 Å². The van der Waals surface area contributed by atoms with Crippen molar-refractivity contribution in [2.24, 2.45) is 11.7 Å². The molecule has 2 rings (SSSR count). The van der Waals surface area contributed by atoms with Crippen molar-refractivity contribution in [2.75, 3.05) is 0 Å². The molecule has 3 atom stereocenters. The first kappa shape index (κ1) is 12.6. The van der Waals surface area contributed by atoms with E-state index in [9.17, 15) is 0 Å². The number of hydrogen-bond donors (Lipinski definition) is 1. The fraction of sp³-hybridized carbons (Fsp3) is 0.786. The molecule has 1 aliphatic carbocycles. The van der Waals surface area contributed by atoms with Crippen LogP contribution in [0, 0.1) is 5.92 Å². The highest BCUT2D eigenvalue weighted by atomic mass is 15.3. The second-order valence-corrected chi connectivity index (χ2v) is 5.39. The molecule has 0 aliphatic heterocycles. The van der Waals surface area contributed by atoms with Crippen molar-refractivity contribution in [3.05, 3.63) is 18.0 Å². The summed E-state index contributed by atoms with van der Waals surface area (Å²) in [6.45, 7) is 5.49. The highest BCUT2D eigenvalue weighted by Crippen LogP contribution is 2.36. The van der Waals surface area contributed by atoms with Crippen LogP contribution in [0.2, 0.25) is 0 Å². The minimum atomic E-state index is 0.331. The summed E-state index contributed by atoms with van der Waals surface area (Å²) in [5, 5.41) is 4.43. The summed E-state index contributed by atoms with van der Waals surface area (Å²) in [5.41, 5.74) is 7.63. The van der Waals surface area contributed by atoms with Crippen LogP contribution in [0.15, 0.2) is 12.4 Å². The fourth-order valence-corrected chi connectivity index (χ4v) is 2.96. The summed E-state index contributed by atoms with van der Waals surface area (Å²) in [7, 11) is 0. The lowest BCUT2D eigenvalue weighted by molar-refractivity contribution is 0.282. The van der Waals surface area contributed by atoms with Crippen molar-refractivity contribution in [3.63, 3.8) is 0 Å². The maximum absolute atomic E-state index is 6.27. The van der Waals surface area contributed by atoms with Gasteiger partial charge in [-0.15, -0.1) is 0 Å². The maximum atomic E-state index is 6.27. The zero-order valence-corrected chi connectivity index (χ0v) is 11.1. The molecule has 1 aliphatic rings. The van der Waals surface area contributed by atoms with Gasteiger partial charge >= 0.3 is 0 Å². The summed E-state index contributed by atoms with van der Waals surface area (Å²) in [5.74, 6) is 1.38. The van der Waals surface area contributed by atoms with E-state index in [1.54, 1.807) is 0 Å². The molecule has 0 spiro atoms. The molecule has 0 saturated heterocycles. The first-order chi connectivity index (χ1) is 8.24. The Morgan fingerprint density at radius 1 is 1.41 bits per heavy atom. The molecule has 1 fully saturated rings. The van der Waals surface area contributed by atoms with E-state index in [-0.39, 0.29) is 0 Å². The Morgan fingerprint density at radius 2 is 2.24 bits per heavy atom. The molecular formula is C14H25N3. The van der Waals surface area contributed by atoms with Crippen molar-refractivity contribution in [3.8, 4) is 0 Å². The quantitative estimate of drug-likeness (QED) is 0.872. The van der Waals surface area contributed by atoms with E-state index in [0.29, 0.717) is 12.0 Å². The molecule has 0 radical (unpaired) electrons. The number of nitrogens with zero attached hydrogens (tertiary/aromatic N) is 2. The summed E-state index contributed by atoms with van der Waals surface area (Å²) >= 11 is 0. The third-order valence-corrected chi connectivity index (χ3v) is 4.12. The Morgan fingerprint density at radius 3 is 2.94 bits per heavy atom. The second-order valence-electron chi connectivity index (χ2n) is 5.39. The van der Waals surface area contributed by atoms with Gasteiger partial charge in [0.25, 0.3) is 0 Å². The molecule has 1 saturated carbocycles. The highest BCUT2D eigenvalue weighted by Gasteiger charge is 2.29. The molecule has 1 heterocycles. The van der Waals surface area contributed by atoms with Crippen LogP contribution >= 0.6 is 0 Å². The lowest BCUT2D eigenvalue weighted by atomic mass is 9.75. The van der Waals surface area contributed by atoms with Gasteiger partial charge in [0.15, 0.2) is 0 Å². The number of rotatable bonds is 4. The Labute approximate surface area is 104 Å². The van der Waals surface area contributed by atoms with Gasteiger partial charge in [0, 0.05) is 24.7 Å². The minimum absolute atomic E-state index is 0.331. The third-order valence-electron chi connectivity index (χ3n) is 4.12. The van der Waals surface area contributed by atoms with Crippen molar-refractivity contribution in [2.45, 2.75) is 64.5 Å². The summed E-state index contributed by atoms with van der Waals surface area (Å²) in [6.07, 6.45) is 10.4. The van der Waals surface area contributed by atoms with Gasteiger partial charge in [-0.25, -0.2) is 0 Å². The molecule has 96 valence electrons. The van der Waals surface area contributed by atoms with E-state index < -0.39 is 0 Å². The third kappa shape index (κ3) is 2.89. The van der Waals surface area contributed by atoms with Crippen LogP contribution in [0.1, 0.15) is 57.4 Å². The lowest BCUT2D eigenvalue weighted by Gasteiger charge is -2.33. The number of aromatic nitrogens is 2. The van der Waals surface area contributed by atoms with Crippen LogP contribution in [0.25, 0.3) is 0 Å². The Bertz CT molecular complexity index is 345. The molecule has 3 nitrogen and oxygen atoms in total. The van der Waals surface area contributed by atoms with Gasteiger partial charge in [0.1, 0.15) is 0 Å². The first-order valence-corrected chi connectivity index (χ1v) is 7.02. The molecule has 0 aromatic carbocycles. The van der Waals surface area contributed by atoms with E-state index in [0.717, 1.165) is 18.9 Å². The van der Waals surface area contributed by atoms with Crippen LogP contribution in [-0.4, -0.2) is 15.8 Å². The van der Waals surface area contributed by atoms with Crippen LogP contribution < -0.4 is 5.73 Å². The SMILES string of the molecule is CCCn1cc(C2CC(CC)CCC2N)cn1. The second kappa shape index (κ2) is 5.67. The average Bonchev–Trinajstić information content (AvgIpc) is 2.79. The van der Waals surface area contributed by atoms with E-state index >= 15 is 0 Å². The number of nitrogens with two attached hydrogens (primary N) is 1. The molecular weight excluding hydrogens is 210 g/mol. The Balaban J connectivity index is 2.07. The van der Waals surface area contributed by atoms with Crippen molar-refractivity contribution in [1.82, 2.24) is 9.78 Å². The monoisotopic (exact) mass is 235 g/mol. The van der Waals surface area contributed by atoms with Crippen LogP contribution in [0.4, 0.5) is 0 Å². The van der Waals surface area contributed by atoms with Gasteiger partial charge < -0.3 is 5.73 Å². The van der Waals surface area contributed by atoms with Gasteiger partial charge in [-0.2, -0.15) is 5.10 Å². The summed E-state index contributed by atoms with van der Waals surface area (Å²) in [6, 6.07) is 0.331. The Hall–Kier alpha value is -0.830. The molecule has 17 heavy (non-hydrogen) atoms. The molecule has 0 bridgehead atoms. The van der Waals surface area contributed by atoms with Gasteiger partial charge in [0.05, 0.1) is 6.20 Å². The first-order valence-electron chi connectivity index (χ1n) is 7.02. The topological polar surface area (TPSA) is 43.8 Å². The van der Waals surface area contributed by atoms with Crippen molar-refractivity contribution < 1.29 is 0 Å². The molecule has 3 unspecified atom stereocenters. The molecule has 2 N–H and O–H groups in total. The predicted octanol–water partition coefficient (Wildman–Crippen LogP) is 2.91. The lowest BCUT2D eigenvalue weighted by Crippen LogP contribution is -2.34. The Kier molecular flexibility index (Phi) is 4.21. The molecule has 1 aromatic heterocycles. The van der Waals surface area contributed by atoms with Crippen molar-refractivity contribution >= 4 is 0 Å². The minimum Gasteiger partial charge on any atom is -0.327 e. The van der Waals surface area contributed by atoms with Gasteiger partial charge in [-0.1, -0.05) is 20.3 Å². The van der Waals surface area contributed by atoms with Gasteiger partial charge in [-0.05, 0) is 37.2 Å². The van der Waals surface area contributed by atoms with E-state index in [1.165, 1.54) is 31.2 Å². The zero-order valence-electron chi connectivity index (χ0n) is 11.1. The van der Waals surface area contributed by atoms with E-state index in [1.807, 2.05) is 6.20 Å². The normalized spacial score (nSPS) is 29.5. The zero-order chi connectivity index (χ0) is 12.3. The van der Waals surface area contributed by atoms with E-state index in [4.69, 9.17) is 5.73 Å². The number of hydrogen-bond acceptors (Lipinski definition) is 2. The maximum Gasteiger partial charge on any atom is 0.0525 e. The smallest absolute Gasteiger partial charge is 0.0525 e. The molecule has 0 amide bonds. The summed E-state index contributed by atoms with van der Waals surface area (Å²) < 4.78 is 2.05. The van der Waals surface area contributed by atoms with Crippen molar-refractivity contribution in [1.29, 1.82) is 0 Å².